The van der Waals surface area contributed by atoms with Gasteiger partial charge in [-0.3, -0.25) is 4.79 Å². The van der Waals surface area contributed by atoms with Crippen LogP contribution in [-0.4, -0.2) is 12.5 Å². The number of nitrogens with two attached hydrogens (primary N) is 1. The van der Waals surface area contributed by atoms with E-state index in [1.54, 1.807) is 0 Å². The maximum Gasteiger partial charge on any atom is 0.262 e. The highest BCUT2D eigenvalue weighted by Gasteiger charge is 2.18. The van der Waals surface area contributed by atoms with Crippen molar-refractivity contribution >= 4 is 28.7 Å². The summed E-state index contributed by atoms with van der Waals surface area (Å²) in [7, 11) is 0. The first-order valence-electron chi connectivity index (χ1n) is 6.11. The highest BCUT2D eigenvalue weighted by molar-refractivity contribution is 5.97. The smallest absolute Gasteiger partial charge is 0.262 e. The fourth-order valence-electron chi connectivity index (χ4n) is 1.99. The number of carbonyl (C=O) groups excluding carboxylic acids is 1. The van der Waals surface area contributed by atoms with E-state index < -0.39 is 11.6 Å². The second kappa shape index (κ2) is 4.93. The van der Waals surface area contributed by atoms with Crippen LogP contribution < -0.4 is 21.1 Å². The summed E-state index contributed by atoms with van der Waals surface area (Å²) in [5.41, 5.74) is 6.83. The molecule has 0 spiro atoms. The Morgan fingerprint density at radius 2 is 2.00 bits per heavy atom. The van der Waals surface area contributed by atoms with Gasteiger partial charge in [-0.2, -0.15) is 0 Å². The SMILES string of the molecule is Nc1cc2c(cc1Nc1cc(F)ccc1F)NC(=O)CO2. The predicted octanol–water partition coefficient (Wildman–Crippen LogP) is 2.62. The third-order valence-corrected chi connectivity index (χ3v) is 2.98. The molecular weight excluding hydrogens is 280 g/mol. The number of anilines is 4. The van der Waals surface area contributed by atoms with E-state index in [2.05, 4.69) is 10.6 Å². The van der Waals surface area contributed by atoms with Crippen molar-refractivity contribution in [1.29, 1.82) is 0 Å². The first-order chi connectivity index (χ1) is 10.0. The molecular formula is C14H11F2N3O2. The van der Waals surface area contributed by atoms with Crippen molar-refractivity contribution in [3.8, 4) is 5.75 Å². The summed E-state index contributed by atoms with van der Waals surface area (Å²) in [4.78, 5) is 11.3. The van der Waals surface area contributed by atoms with Crippen LogP contribution in [0.4, 0.5) is 31.5 Å². The number of hydrogen-bond acceptors (Lipinski definition) is 4. The number of fused-ring (bicyclic) bond motifs is 1. The molecule has 5 nitrogen and oxygen atoms in total. The summed E-state index contributed by atoms with van der Waals surface area (Å²) in [6.45, 7) is -0.0856. The van der Waals surface area contributed by atoms with Crippen molar-refractivity contribution in [3.05, 3.63) is 42.0 Å². The minimum absolute atomic E-state index is 0.0512. The Kier molecular flexibility index (Phi) is 3.09. The molecule has 1 aliphatic heterocycles. The Hall–Kier alpha value is -2.83. The monoisotopic (exact) mass is 291 g/mol. The van der Waals surface area contributed by atoms with Crippen molar-refractivity contribution in [2.75, 3.05) is 23.0 Å². The predicted molar refractivity (Wildman–Crippen MR) is 74.6 cm³/mol. The summed E-state index contributed by atoms with van der Waals surface area (Å²) in [5, 5.41) is 5.31. The average Bonchev–Trinajstić information content (AvgIpc) is 2.44. The van der Waals surface area contributed by atoms with E-state index in [4.69, 9.17) is 10.5 Å². The standard InChI is InChI=1S/C14H11F2N3O2/c15-7-1-2-8(16)10(3-7)18-11-5-12-13(4-9(11)17)21-6-14(20)19-12/h1-5,18H,6,17H2,(H,19,20). The van der Waals surface area contributed by atoms with E-state index in [9.17, 15) is 13.6 Å². The van der Waals surface area contributed by atoms with E-state index in [1.165, 1.54) is 12.1 Å². The minimum Gasteiger partial charge on any atom is -0.482 e. The van der Waals surface area contributed by atoms with Crippen molar-refractivity contribution in [2.45, 2.75) is 0 Å². The number of benzene rings is 2. The summed E-state index contributed by atoms with van der Waals surface area (Å²) in [6, 6.07) is 6.06. The maximum atomic E-state index is 13.6. The number of rotatable bonds is 2. The molecule has 0 fully saturated rings. The molecule has 1 aliphatic rings. The molecule has 108 valence electrons. The zero-order chi connectivity index (χ0) is 15.0. The third kappa shape index (κ3) is 2.58. The van der Waals surface area contributed by atoms with Crippen LogP contribution >= 0.6 is 0 Å². The lowest BCUT2D eigenvalue weighted by Crippen LogP contribution is -2.25. The van der Waals surface area contributed by atoms with Crippen LogP contribution in [0.1, 0.15) is 0 Å². The van der Waals surface area contributed by atoms with Gasteiger partial charge in [0.15, 0.2) is 6.61 Å². The Morgan fingerprint density at radius 1 is 1.19 bits per heavy atom. The molecule has 1 heterocycles. The van der Waals surface area contributed by atoms with Crippen molar-refractivity contribution < 1.29 is 18.3 Å². The van der Waals surface area contributed by atoms with E-state index >= 15 is 0 Å². The minimum atomic E-state index is -0.617. The lowest BCUT2D eigenvalue weighted by atomic mass is 10.2. The van der Waals surface area contributed by atoms with Gasteiger partial charge in [0.25, 0.3) is 5.91 Å². The highest BCUT2D eigenvalue weighted by Crippen LogP contribution is 2.36. The van der Waals surface area contributed by atoms with E-state index in [-0.39, 0.29) is 23.9 Å². The number of nitrogens with one attached hydrogen (secondary N) is 2. The highest BCUT2D eigenvalue weighted by atomic mass is 19.1. The van der Waals surface area contributed by atoms with Gasteiger partial charge in [0.1, 0.15) is 17.4 Å². The number of ether oxygens (including phenoxy) is 1. The maximum absolute atomic E-state index is 13.6. The van der Waals surface area contributed by atoms with Gasteiger partial charge < -0.3 is 21.1 Å². The molecule has 3 rings (SSSR count). The molecule has 21 heavy (non-hydrogen) atoms. The summed E-state index contributed by atoms with van der Waals surface area (Å²) in [5.74, 6) is -1.06. The van der Waals surface area contributed by atoms with E-state index in [0.717, 1.165) is 18.2 Å². The second-order valence-electron chi connectivity index (χ2n) is 4.52. The topological polar surface area (TPSA) is 76.4 Å². The van der Waals surface area contributed by atoms with Crippen LogP contribution in [0.5, 0.6) is 5.75 Å². The van der Waals surface area contributed by atoms with Crippen LogP contribution in [0.2, 0.25) is 0 Å². The molecule has 0 unspecified atom stereocenters. The molecule has 2 aromatic carbocycles. The van der Waals surface area contributed by atoms with Crippen LogP contribution in [0.3, 0.4) is 0 Å². The molecule has 0 saturated carbocycles. The summed E-state index contributed by atoms with van der Waals surface area (Å²) >= 11 is 0. The lowest BCUT2D eigenvalue weighted by Gasteiger charge is -2.20. The van der Waals surface area contributed by atoms with Gasteiger partial charge in [-0.1, -0.05) is 0 Å². The summed E-state index contributed by atoms with van der Waals surface area (Å²) < 4.78 is 32.0. The zero-order valence-electron chi connectivity index (χ0n) is 10.7. The van der Waals surface area contributed by atoms with Crippen molar-refractivity contribution in [2.24, 2.45) is 0 Å². The van der Waals surface area contributed by atoms with Crippen LogP contribution in [0.25, 0.3) is 0 Å². The Balaban J connectivity index is 1.97. The van der Waals surface area contributed by atoms with Gasteiger partial charge in [0.2, 0.25) is 0 Å². The number of carbonyl (C=O) groups is 1. The molecule has 0 aromatic heterocycles. The number of hydrogen-bond donors (Lipinski definition) is 3. The first-order valence-corrected chi connectivity index (χ1v) is 6.11. The zero-order valence-corrected chi connectivity index (χ0v) is 10.7. The molecule has 4 N–H and O–H groups in total. The molecule has 2 aromatic rings. The lowest BCUT2D eigenvalue weighted by molar-refractivity contribution is -0.118. The fraction of sp³-hybridized carbons (Fsp3) is 0.0714. The molecule has 0 radical (unpaired) electrons. The van der Waals surface area contributed by atoms with Crippen LogP contribution in [0.15, 0.2) is 30.3 Å². The average molecular weight is 291 g/mol. The number of amides is 1. The third-order valence-electron chi connectivity index (χ3n) is 2.98. The van der Waals surface area contributed by atoms with Gasteiger partial charge >= 0.3 is 0 Å². The van der Waals surface area contributed by atoms with E-state index in [0.29, 0.717) is 17.1 Å². The van der Waals surface area contributed by atoms with E-state index in [1.807, 2.05) is 0 Å². The number of nitrogen functional groups attached to an aromatic ring is 1. The molecule has 7 heteroatoms. The molecule has 1 amide bonds. The van der Waals surface area contributed by atoms with Gasteiger partial charge in [0, 0.05) is 12.1 Å². The van der Waals surface area contributed by atoms with Gasteiger partial charge in [-0.15, -0.1) is 0 Å². The summed E-state index contributed by atoms with van der Waals surface area (Å²) in [6.07, 6.45) is 0. The normalized spacial score (nSPS) is 13.1. The van der Waals surface area contributed by atoms with Gasteiger partial charge in [0.05, 0.1) is 22.7 Å². The Morgan fingerprint density at radius 3 is 2.81 bits per heavy atom. The second-order valence-corrected chi connectivity index (χ2v) is 4.52. The Labute approximate surface area is 118 Å². The molecule has 0 atom stereocenters. The number of halogens is 2. The largest absolute Gasteiger partial charge is 0.482 e. The molecule has 0 bridgehead atoms. The molecule has 0 saturated heterocycles. The molecule has 0 aliphatic carbocycles. The Bertz CT molecular complexity index is 734. The van der Waals surface area contributed by atoms with Gasteiger partial charge in [-0.05, 0) is 18.2 Å². The van der Waals surface area contributed by atoms with Crippen LogP contribution in [-0.2, 0) is 4.79 Å². The first kappa shape index (κ1) is 13.2. The van der Waals surface area contributed by atoms with Crippen molar-refractivity contribution in [1.82, 2.24) is 0 Å². The van der Waals surface area contributed by atoms with Gasteiger partial charge in [-0.25, -0.2) is 8.78 Å². The quantitative estimate of drug-likeness (QED) is 0.743. The van der Waals surface area contributed by atoms with Crippen molar-refractivity contribution in [3.63, 3.8) is 0 Å². The fourth-order valence-corrected chi connectivity index (χ4v) is 1.99. The van der Waals surface area contributed by atoms with Crippen LogP contribution in [0, 0.1) is 11.6 Å².